The van der Waals surface area contributed by atoms with Crippen LogP contribution >= 0.6 is 7.82 Å². The molecule has 126 valence electrons. The van der Waals surface area contributed by atoms with Gasteiger partial charge in [-0.25, -0.2) is 19.5 Å². The second-order valence-corrected chi connectivity index (χ2v) is 6.07. The Morgan fingerprint density at radius 2 is 2.13 bits per heavy atom. The Hall–Kier alpha value is -1.66. The minimum Gasteiger partial charge on any atom is -0.394 e. The van der Waals surface area contributed by atoms with Crippen LogP contribution in [0.3, 0.4) is 0 Å². The normalized spacial score (nSPS) is 28.5. The number of fused-ring (bicyclic) bond motifs is 1. The summed E-state index contributed by atoms with van der Waals surface area (Å²) in [5, 5.41) is 19.3. The Kier molecular flexibility index (Phi) is 4.06. The van der Waals surface area contributed by atoms with Gasteiger partial charge in [0.05, 0.1) is 6.61 Å². The molecule has 2 aromatic rings. The molecule has 23 heavy (non-hydrogen) atoms. The van der Waals surface area contributed by atoms with Crippen molar-refractivity contribution in [1.29, 1.82) is 0 Å². The first-order chi connectivity index (χ1) is 10.8. The molecule has 0 spiro atoms. The first-order valence-electron chi connectivity index (χ1n) is 6.43. The van der Waals surface area contributed by atoms with Crippen molar-refractivity contribution < 1.29 is 33.8 Å². The van der Waals surface area contributed by atoms with E-state index in [0.717, 1.165) is 0 Å². The number of imidazole rings is 1. The lowest BCUT2D eigenvalue weighted by molar-refractivity contribution is -0.0503. The van der Waals surface area contributed by atoms with Crippen molar-refractivity contribution in [3.8, 4) is 0 Å². The van der Waals surface area contributed by atoms with Gasteiger partial charge in [-0.3, -0.25) is 9.09 Å². The van der Waals surface area contributed by atoms with E-state index in [4.69, 9.17) is 20.3 Å². The maximum atomic E-state index is 11.1. The smallest absolute Gasteiger partial charge is 0.394 e. The van der Waals surface area contributed by atoms with Crippen LogP contribution in [0.15, 0.2) is 12.7 Å². The number of hydrogen-bond donors (Lipinski definition) is 5. The van der Waals surface area contributed by atoms with E-state index in [-0.39, 0.29) is 17.0 Å². The van der Waals surface area contributed by atoms with Crippen LogP contribution in [0.25, 0.3) is 11.2 Å². The molecule has 0 radical (unpaired) electrons. The average Bonchev–Trinajstić information content (AvgIpc) is 3.01. The van der Waals surface area contributed by atoms with Gasteiger partial charge in [0, 0.05) is 0 Å². The van der Waals surface area contributed by atoms with E-state index in [9.17, 15) is 14.8 Å². The summed E-state index contributed by atoms with van der Waals surface area (Å²) < 4.78 is 22.5. The van der Waals surface area contributed by atoms with Gasteiger partial charge in [0.25, 0.3) is 0 Å². The number of ether oxygens (including phenoxy) is 1. The van der Waals surface area contributed by atoms with Crippen molar-refractivity contribution >= 4 is 24.8 Å². The van der Waals surface area contributed by atoms with Crippen molar-refractivity contribution in [2.24, 2.45) is 0 Å². The number of phosphoric ester groups is 1. The molecule has 0 amide bonds. The molecule has 1 saturated heterocycles. The molecule has 13 heteroatoms. The number of aliphatic hydroxyl groups excluding tert-OH is 2. The summed E-state index contributed by atoms with van der Waals surface area (Å²) in [4.78, 5) is 29.8. The van der Waals surface area contributed by atoms with Gasteiger partial charge >= 0.3 is 7.82 Å². The van der Waals surface area contributed by atoms with Crippen LogP contribution in [0.4, 0.5) is 5.82 Å². The number of nitrogens with two attached hydrogens (primary N) is 1. The molecule has 1 fully saturated rings. The van der Waals surface area contributed by atoms with Gasteiger partial charge in [-0.15, -0.1) is 0 Å². The minimum atomic E-state index is -4.92. The Morgan fingerprint density at radius 3 is 2.78 bits per heavy atom. The second kappa shape index (κ2) is 5.76. The lowest BCUT2D eigenvalue weighted by Crippen LogP contribution is -2.34. The number of aromatic nitrogens is 4. The lowest BCUT2D eigenvalue weighted by Gasteiger charge is -2.22. The highest BCUT2D eigenvalue weighted by Crippen LogP contribution is 2.45. The van der Waals surface area contributed by atoms with E-state index < -0.39 is 39.0 Å². The Labute approximate surface area is 128 Å². The Balaban J connectivity index is 2.05. The lowest BCUT2D eigenvalue weighted by atomic mass is 10.1. The maximum Gasteiger partial charge on any atom is 0.470 e. The van der Waals surface area contributed by atoms with E-state index >= 15 is 0 Å². The minimum absolute atomic E-state index is 0.0629. The number of hydrogen-bond acceptors (Lipinski definition) is 9. The topological polar surface area (TPSA) is 186 Å². The summed E-state index contributed by atoms with van der Waals surface area (Å²) in [5.41, 5.74) is 6.26. The molecule has 4 atom stereocenters. The fraction of sp³-hybridized carbons (Fsp3) is 0.500. The van der Waals surface area contributed by atoms with E-state index in [1.165, 1.54) is 17.2 Å². The molecule has 2 aromatic heterocycles. The van der Waals surface area contributed by atoms with Gasteiger partial charge in [0.15, 0.2) is 17.7 Å². The SMILES string of the molecule is Nc1ncnc2ncn(C3OC(CO)C(O)C3OP(=O)(O)O)c12. The van der Waals surface area contributed by atoms with Gasteiger partial charge in [-0.1, -0.05) is 0 Å². The van der Waals surface area contributed by atoms with Crippen molar-refractivity contribution in [2.75, 3.05) is 12.3 Å². The molecule has 0 aromatic carbocycles. The predicted octanol–water partition coefficient (Wildman–Crippen LogP) is -1.86. The molecular formula is C10H14N5O7P. The molecular weight excluding hydrogens is 333 g/mol. The monoisotopic (exact) mass is 347 g/mol. The summed E-state index contributed by atoms with van der Waals surface area (Å²) in [6, 6.07) is 0. The van der Waals surface area contributed by atoms with Gasteiger partial charge in [-0.05, 0) is 0 Å². The third-order valence-electron chi connectivity index (χ3n) is 3.42. The molecule has 6 N–H and O–H groups in total. The zero-order chi connectivity index (χ0) is 16.8. The molecule has 0 saturated carbocycles. The molecule has 1 aliphatic rings. The summed E-state index contributed by atoms with van der Waals surface area (Å²) in [6.45, 7) is -0.572. The van der Waals surface area contributed by atoms with Crippen molar-refractivity contribution in [1.82, 2.24) is 19.5 Å². The maximum absolute atomic E-state index is 11.1. The molecule has 0 bridgehead atoms. The molecule has 0 aliphatic carbocycles. The predicted molar refractivity (Wildman–Crippen MR) is 73.7 cm³/mol. The van der Waals surface area contributed by atoms with Crippen LogP contribution in [0, 0.1) is 0 Å². The number of rotatable bonds is 4. The van der Waals surface area contributed by atoms with Gasteiger partial charge in [0.2, 0.25) is 0 Å². The summed E-state index contributed by atoms with van der Waals surface area (Å²) in [5.74, 6) is 0.0629. The highest BCUT2D eigenvalue weighted by molar-refractivity contribution is 7.46. The average molecular weight is 347 g/mol. The van der Waals surface area contributed by atoms with E-state index in [1.807, 2.05) is 0 Å². The van der Waals surface area contributed by atoms with Crippen molar-refractivity contribution in [3.05, 3.63) is 12.7 Å². The fourth-order valence-corrected chi connectivity index (χ4v) is 3.00. The third-order valence-corrected chi connectivity index (χ3v) is 3.94. The molecule has 4 unspecified atom stereocenters. The first-order valence-corrected chi connectivity index (χ1v) is 7.96. The summed E-state index contributed by atoms with van der Waals surface area (Å²) >= 11 is 0. The number of anilines is 1. The number of nitrogen functional groups attached to an aromatic ring is 1. The van der Waals surface area contributed by atoms with Crippen LogP contribution in [0.5, 0.6) is 0 Å². The first kappa shape index (κ1) is 16.2. The largest absolute Gasteiger partial charge is 0.470 e. The molecule has 12 nitrogen and oxygen atoms in total. The van der Waals surface area contributed by atoms with Crippen LogP contribution in [0.1, 0.15) is 6.23 Å². The van der Waals surface area contributed by atoms with Crippen LogP contribution in [0.2, 0.25) is 0 Å². The Bertz CT molecular complexity index is 763. The van der Waals surface area contributed by atoms with Crippen LogP contribution in [-0.4, -0.2) is 64.4 Å². The standard InChI is InChI=1S/C10H14N5O7P/c11-8-5-9(13-2-12-8)14-3-15(5)10-7(22-23(18,19)20)6(17)4(1-16)21-10/h2-4,6-7,10,16-17H,1H2,(H2,11,12,13)(H2,18,19,20). The zero-order valence-electron chi connectivity index (χ0n) is 11.5. The van der Waals surface area contributed by atoms with Crippen molar-refractivity contribution in [3.63, 3.8) is 0 Å². The van der Waals surface area contributed by atoms with Gasteiger partial charge in [0.1, 0.15) is 36.5 Å². The van der Waals surface area contributed by atoms with Gasteiger partial charge < -0.3 is 30.5 Å². The van der Waals surface area contributed by atoms with E-state index in [0.29, 0.717) is 0 Å². The van der Waals surface area contributed by atoms with Crippen LogP contribution < -0.4 is 5.73 Å². The summed E-state index contributed by atoms with van der Waals surface area (Å²) in [7, 11) is -4.92. The van der Waals surface area contributed by atoms with E-state index in [2.05, 4.69) is 19.5 Å². The number of nitrogens with zero attached hydrogens (tertiary/aromatic N) is 4. The highest BCUT2D eigenvalue weighted by atomic mass is 31.2. The van der Waals surface area contributed by atoms with Crippen molar-refractivity contribution in [2.45, 2.75) is 24.5 Å². The second-order valence-electron chi connectivity index (χ2n) is 4.88. The molecule has 1 aliphatic heterocycles. The summed E-state index contributed by atoms with van der Waals surface area (Å²) in [6.07, 6.45) is -2.73. The highest BCUT2D eigenvalue weighted by Gasteiger charge is 2.48. The number of phosphoric acid groups is 1. The molecule has 3 rings (SSSR count). The van der Waals surface area contributed by atoms with Crippen LogP contribution in [-0.2, 0) is 13.8 Å². The molecule has 3 heterocycles. The van der Waals surface area contributed by atoms with E-state index in [1.54, 1.807) is 0 Å². The Morgan fingerprint density at radius 1 is 1.39 bits per heavy atom. The number of aliphatic hydroxyl groups is 2. The third kappa shape index (κ3) is 2.93. The zero-order valence-corrected chi connectivity index (χ0v) is 12.4. The quantitative estimate of drug-likeness (QED) is 0.390. The fourth-order valence-electron chi connectivity index (χ4n) is 2.46. The van der Waals surface area contributed by atoms with Gasteiger partial charge in [-0.2, -0.15) is 0 Å².